The van der Waals surface area contributed by atoms with Gasteiger partial charge < -0.3 is 4.74 Å². The summed E-state index contributed by atoms with van der Waals surface area (Å²) in [5.74, 6) is 0.655. The van der Waals surface area contributed by atoms with Crippen LogP contribution in [-0.2, 0) is 6.61 Å². The van der Waals surface area contributed by atoms with Crippen molar-refractivity contribution in [3.63, 3.8) is 0 Å². The fraction of sp³-hybridized carbons (Fsp3) is 0.200. The largest absolute Gasteiger partial charge is 0.489 e. The second-order valence-corrected chi connectivity index (χ2v) is 5.85. The third kappa shape index (κ3) is 3.54. The number of nitro groups is 1. The van der Waals surface area contributed by atoms with Crippen molar-refractivity contribution in [2.24, 2.45) is 0 Å². The minimum absolute atomic E-state index is 0.0342. The number of nitro benzene ring substituents is 1. The molecule has 2 aromatic rings. The van der Waals surface area contributed by atoms with Crippen LogP contribution in [0, 0.1) is 24.0 Å². The summed E-state index contributed by atoms with van der Waals surface area (Å²) in [5, 5.41) is 11.4. The van der Waals surface area contributed by atoms with Crippen LogP contribution >= 0.6 is 27.5 Å². The molecule has 21 heavy (non-hydrogen) atoms. The van der Waals surface area contributed by atoms with Gasteiger partial charge in [-0.25, -0.2) is 0 Å². The molecule has 0 aliphatic carbocycles. The lowest BCUT2D eigenvalue weighted by molar-refractivity contribution is -0.385. The average Bonchev–Trinajstić information content (AvgIpc) is 2.42. The van der Waals surface area contributed by atoms with Crippen LogP contribution in [0.1, 0.15) is 16.7 Å². The normalized spacial score (nSPS) is 10.5. The van der Waals surface area contributed by atoms with Gasteiger partial charge in [-0.1, -0.05) is 33.6 Å². The molecular formula is C15H13BrClNO3. The first-order chi connectivity index (χ1) is 9.90. The van der Waals surface area contributed by atoms with Gasteiger partial charge in [0.2, 0.25) is 0 Å². The molecular weight excluding hydrogens is 358 g/mol. The molecule has 0 bridgehead atoms. The minimum atomic E-state index is -0.456. The van der Waals surface area contributed by atoms with Gasteiger partial charge in [0.05, 0.1) is 15.5 Å². The van der Waals surface area contributed by atoms with E-state index in [9.17, 15) is 10.1 Å². The highest BCUT2D eigenvalue weighted by atomic mass is 79.9. The van der Waals surface area contributed by atoms with Crippen molar-refractivity contribution in [1.82, 2.24) is 0 Å². The fourth-order valence-electron chi connectivity index (χ4n) is 2.01. The van der Waals surface area contributed by atoms with Gasteiger partial charge in [-0.15, -0.1) is 0 Å². The Balaban J connectivity index is 2.27. The van der Waals surface area contributed by atoms with Crippen molar-refractivity contribution in [3.05, 3.63) is 66.6 Å². The molecule has 0 aromatic heterocycles. The van der Waals surface area contributed by atoms with Gasteiger partial charge in [-0.2, -0.15) is 0 Å². The summed E-state index contributed by atoms with van der Waals surface area (Å²) in [6, 6.07) is 8.34. The highest BCUT2D eigenvalue weighted by molar-refractivity contribution is 9.10. The zero-order valence-electron chi connectivity index (χ0n) is 11.5. The summed E-state index contributed by atoms with van der Waals surface area (Å²) >= 11 is 9.52. The van der Waals surface area contributed by atoms with Gasteiger partial charge in [0.1, 0.15) is 12.4 Å². The van der Waals surface area contributed by atoms with Gasteiger partial charge in [0, 0.05) is 10.5 Å². The summed E-state index contributed by atoms with van der Waals surface area (Å²) in [7, 11) is 0. The maximum atomic E-state index is 11.0. The topological polar surface area (TPSA) is 52.4 Å². The first-order valence-corrected chi connectivity index (χ1v) is 7.38. The Morgan fingerprint density at radius 3 is 2.48 bits per heavy atom. The summed E-state index contributed by atoms with van der Waals surface area (Å²) in [5.41, 5.74) is 2.42. The summed E-state index contributed by atoms with van der Waals surface area (Å²) in [6.45, 7) is 3.97. The Labute approximate surface area is 136 Å². The van der Waals surface area contributed by atoms with E-state index in [4.69, 9.17) is 16.3 Å². The Morgan fingerprint density at radius 1 is 1.29 bits per heavy atom. The number of halogens is 2. The van der Waals surface area contributed by atoms with E-state index in [-0.39, 0.29) is 12.3 Å². The van der Waals surface area contributed by atoms with Crippen molar-refractivity contribution < 1.29 is 9.66 Å². The van der Waals surface area contributed by atoms with Crippen LogP contribution in [0.4, 0.5) is 5.69 Å². The van der Waals surface area contributed by atoms with E-state index in [2.05, 4.69) is 15.9 Å². The molecule has 0 spiro atoms. The highest BCUT2D eigenvalue weighted by Gasteiger charge is 2.17. The number of hydrogen-bond donors (Lipinski definition) is 0. The van der Waals surface area contributed by atoms with Crippen LogP contribution in [0.2, 0.25) is 5.02 Å². The predicted octanol–water partition coefficient (Wildman–Crippen LogP) is 5.21. The second kappa shape index (κ2) is 6.45. The van der Waals surface area contributed by atoms with Gasteiger partial charge in [0.25, 0.3) is 5.69 Å². The molecule has 2 aromatic carbocycles. The highest BCUT2D eigenvalue weighted by Crippen LogP contribution is 2.30. The maximum absolute atomic E-state index is 11.0. The van der Waals surface area contributed by atoms with E-state index in [1.165, 1.54) is 6.07 Å². The SMILES string of the molecule is Cc1cc(OCc2c(Cl)cccc2[N+](=O)[O-])cc(C)c1Br. The molecule has 0 heterocycles. The molecule has 0 radical (unpaired) electrons. The van der Waals surface area contributed by atoms with Crippen LogP contribution in [0.15, 0.2) is 34.8 Å². The Bertz CT molecular complexity index is 680. The fourth-order valence-corrected chi connectivity index (χ4v) is 2.46. The quantitative estimate of drug-likeness (QED) is 0.548. The molecule has 0 N–H and O–H groups in total. The molecule has 4 nitrogen and oxygen atoms in total. The average molecular weight is 371 g/mol. The number of nitrogens with zero attached hydrogens (tertiary/aromatic N) is 1. The van der Waals surface area contributed by atoms with Crippen LogP contribution in [0.5, 0.6) is 5.75 Å². The molecule has 0 aliphatic heterocycles. The molecule has 0 saturated heterocycles. The number of hydrogen-bond acceptors (Lipinski definition) is 3. The van der Waals surface area contributed by atoms with Gasteiger partial charge in [0.15, 0.2) is 0 Å². The molecule has 0 saturated carbocycles. The Kier molecular flexibility index (Phi) is 4.85. The summed E-state index contributed by atoms with van der Waals surface area (Å²) in [4.78, 5) is 10.6. The molecule has 0 unspecified atom stereocenters. The standard InChI is InChI=1S/C15H13BrClNO3/c1-9-6-11(7-10(2)15(9)16)21-8-12-13(17)4-3-5-14(12)18(19)20/h3-7H,8H2,1-2H3. The molecule has 0 aliphatic rings. The zero-order chi connectivity index (χ0) is 15.6. The van der Waals surface area contributed by atoms with Crippen LogP contribution < -0.4 is 4.74 Å². The molecule has 2 rings (SSSR count). The van der Waals surface area contributed by atoms with E-state index in [1.807, 2.05) is 26.0 Å². The second-order valence-electron chi connectivity index (χ2n) is 4.65. The van der Waals surface area contributed by atoms with Crippen LogP contribution in [-0.4, -0.2) is 4.92 Å². The monoisotopic (exact) mass is 369 g/mol. The number of ether oxygens (including phenoxy) is 1. The number of aryl methyl sites for hydroxylation is 2. The van der Waals surface area contributed by atoms with Gasteiger partial charge >= 0.3 is 0 Å². The lowest BCUT2D eigenvalue weighted by Gasteiger charge is -2.11. The summed E-state index contributed by atoms with van der Waals surface area (Å²) < 4.78 is 6.70. The number of rotatable bonds is 4. The van der Waals surface area contributed by atoms with Gasteiger partial charge in [-0.05, 0) is 43.2 Å². The Hall–Kier alpha value is -1.59. The zero-order valence-corrected chi connectivity index (χ0v) is 13.9. The first kappa shape index (κ1) is 15.8. The van der Waals surface area contributed by atoms with Crippen molar-refractivity contribution in [1.29, 1.82) is 0 Å². The van der Waals surface area contributed by atoms with E-state index < -0.39 is 4.92 Å². The van der Waals surface area contributed by atoms with Crippen molar-refractivity contribution in [3.8, 4) is 5.75 Å². The van der Waals surface area contributed by atoms with E-state index in [1.54, 1.807) is 12.1 Å². The van der Waals surface area contributed by atoms with E-state index in [0.29, 0.717) is 16.3 Å². The third-order valence-electron chi connectivity index (χ3n) is 3.08. The minimum Gasteiger partial charge on any atom is -0.489 e. The molecule has 110 valence electrons. The van der Waals surface area contributed by atoms with Crippen LogP contribution in [0.3, 0.4) is 0 Å². The van der Waals surface area contributed by atoms with Crippen molar-refractivity contribution >= 4 is 33.2 Å². The number of benzene rings is 2. The lowest BCUT2D eigenvalue weighted by atomic mass is 10.1. The molecule has 0 atom stereocenters. The molecule has 0 fully saturated rings. The Morgan fingerprint density at radius 2 is 1.90 bits per heavy atom. The van der Waals surface area contributed by atoms with Gasteiger partial charge in [-0.3, -0.25) is 10.1 Å². The van der Waals surface area contributed by atoms with Crippen molar-refractivity contribution in [2.75, 3.05) is 0 Å². The lowest BCUT2D eigenvalue weighted by Crippen LogP contribution is -2.02. The maximum Gasteiger partial charge on any atom is 0.277 e. The molecule has 0 amide bonds. The molecule has 6 heteroatoms. The smallest absolute Gasteiger partial charge is 0.277 e. The van der Waals surface area contributed by atoms with E-state index >= 15 is 0 Å². The predicted molar refractivity (Wildman–Crippen MR) is 86.1 cm³/mol. The summed E-state index contributed by atoms with van der Waals surface area (Å²) in [6.07, 6.45) is 0. The van der Waals surface area contributed by atoms with Crippen LogP contribution in [0.25, 0.3) is 0 Å². The first-order valence-electron chi connectivity index (χ1n) is 6.21. The van der Waals surface area contributed by atoms with E-state index in [0.717, 1.165) is 15.6 Å². The van der Waals surface area contributed by atoms with Crippen molar-refractivity contribution in [2.45, 2.75) is 20.5 Å². The third-order valence-corrected chi connectivity index (χ3v) is 4.69.